The molecule has 0 saturated carbocycles. The number of amides is 1. The predicted molar refractivity (Wildman–Crippen MR) is 74.3 cm³/mol. The molecule has 0 bridgehead atoms. The fourth-order valence-corrected chi connectivity index (χ4v) is 2.57. The van der Waals surface area contributed by atoms with Crippen LogP contribution in [0.2, 0.25) is 0 Å². The van der Waals surface area contributed by atoms with Crippen molar-refractivity contribution in [2.75, 3.05) is 5.32 Å². The van der Waals surface area contributed by atoms with Gasteiger partial charge in [0.05, 0.1) is 17.5 Å². The molecule has 0 fully saturated rings. The number of nitrogens with one attached hydrogen (secondary N) is 1. The number of fused-ring (bicyclic) bond motifs is 1. The Balaban J connectivity index is 1.84. The lowest BCUT2D eigenvalue weighted by Crippen LogP contribution is -2.18. The Bertz CT molecular complexity index is 663. The zero-order valence-corrected chi connectivity index (χ0v) is 11.3. The molecule has 1 aliphatic rings. The summed E-state index contributed by atoms with van der Waals surface area (Å²) >= 11 is 0. The lowest BCUT2D eigenvalue weighted by atomic mass is 10.1. The van der Waals surface area contributed by atoms with E-state index in [1.54, 1.807) is 19.2 Å². The van der Waals surface area contributed by atoms with Crippen LogP contribution in [0.25, 0.3) is 0 Å². The first-order chi connectivity index (χ1) is 9.65. The summed E-state index contributed by atoms with van der Waals surface area (Å²) in [4.78, 5) is 12.3. The predicted octanol–water partition coefficient (Wildman–Crippen LogP) is 2.92. The molecule has 0 atom stereocenters. The van der Waals surface area contributed by atoms with Crippen LogP contribution in [-0.4, -0.2) is 15.7 Å². The lowest BCUT2D eigenvalue weighted by Gasteiger charge is -2.15. The van der Waals surface area contributed by atoms with Crippen LogP contribution < -0.4 is 5.32 Å². The molecule has 0 spiro atoms. The van der Waals surface area contributed by atoms with E-state index in [1.807, 2.05) is 4.68 Å². The molecule has 1 aromatic heterocycles. The van der Waals surface area contributed by atoms with Crippen molar-refractivity contribution in [1.82, 2.24) is 9.78 Å². The number of carbonyl (C=O) groups is 1. The van der Waals surface area contributed by atoms with Crippen molar-refractivity contribution in [1.29, 1.82) is 0 Å². The van der Waals surface area contributed by atoms with E-state index in [2.05, 4.69) is 10.4 Å². The van der Waals surface area contributed by atoms with E-state index in [4.69, 9.17) is 0 Å². The normalized spacial score (nSPS) is 13.9. The van der Waals surface area contributed by atoms with Gasteiger partial charge in [0.15, 0.2) is 0 Å². The van der Waals surface area contributed by atoms with Crippen molar-refractivity contribution in [2.45, 2.75) is 32.7 Å². The minimum atomic E-state index is -0.302. The number of rotatable bonds is 2. The number of hydrogen-bond donors (Lipinski definition) is 1. The van der Waals surface area contributed by atoms with E-state index in [1.165, 1.54) is 12.1 Å². The summed E-state index contributed by atoms with van der Waals surface area (Å²) in [5, 5.41) is 7.08. The second-order valence-corrected chi connectivity index (χ2v) is 5.10. The van der Waals surface area contributed by atoms with E-state index >= 15 is 0 Å². The van der Waals surface area contributed by atoms with E-state index in [0.717, 1.165) is 31.5 Å². The van der Waals surface area contributed by atoms with Crippen molar-refractivity contribution in [3.05, 3.63) is 47.0 Å². The van der Waals surface area contributed by atoms with Crippen LogP contribution in [0.5, 0.6) is 0 Å². The monoisotopic (exact) mass is 273 g/mol. The summed E-state index contributed by atoms with van der Waals surface area (Å²) in [6.45, 7) is 2.64. The smallest absolute Gasteiger partial charge is 0.259 e. The van der Waals surface area contributed by atoms with E-state index in [0.29, 0.717) is 16.8 Å². The third-order valence-electron chi connectivity index (χ3n) is 3.66. The minimum Gasteiger partial charge on any atom is -0.322 e. The second kappa shape index (κ2) is 5.07. The fraction of sp³-hybridized carbons (Fsp3) is 0.333. The Kier molecular flexibility index (Phi) is 3.26. The molecule has 0 aliphatic carbocycles. The topological polar surface area (TPSA) is 46.9 Å². The summed E-state index contributed by atoms with van der Waals surface area (Å²) in [6, 6.07) is 4.33. The van der Waals surface area contributed by atoms with Gasteiger partial charge in [-0.2, -0.15) is 5.10 Å². The van der Waals surface area contributed by atoms with Gasteiger partial charge in [0.1, 0.15) is 5.82 Å². The number of anilines is 1. The molecule has 1 aromatic carbocycles. The third kappa shape index (κ3) is 2.31. The van der Waals surface area contributed by atoms with Crippen molar-refractivity contribution in [2.24, 2.45) is 0 Å². The zero-order chi connectivity index (χ0) is 14.1. The number of aromatic nitrogens is 2. The van der Waals surface area contributed by atoms with Gasteiger partial charge in [-0.05, 0) is 49.9 Å². The highest BCUT2D eigenvalue weighted by molar-refractivity contribution is 6.05. The molecule has 4 nitrogen and oxygen atoms in total. The molecule has 1 N–H and O–H groups in total. The summed E-state index contributed by atoms with van der Waals surface area (Å²) < 4.78 is 15.0. The first-order valence-corrected chi connectivity index (χ1v) is 6.77. The van der Waals surface area contributed by atoms with Gasteiger partial charge >= 0.3 is 0 Å². The largest absolute Gasteiger partial charge is 0.322 e. The van der Waals surface area contributed by atoms with Gasteiger partial charge in [0.25, 0.3) is 5.91 Å². The van der Waals surface area contributed by atoms with Gasteiger partial charge in [0, 0.05) is 12.2 Å². The molecule has 3 rings (SSSR count). The first kappa shape index (κ1) is 12.8. The molecule has 104 valence electrons. The van der Waals surface area contributed by atoms with Crippen molar-refractivity contribution in [3.63, 3.8) is 0 Å². The Morgan fingerprint density at radius 1 is 1.40 bits per heavy atom. The van der Waals surface area contributed by atoms with Crippen LogP contribution in [-0.2, 0) is 13.0 Å². The molecule has 2 heterocycles. The summed E-state index contributed by atoms with van der Waals surface area (Å²) in [5.41, 5.74) is 2.95. The number of halogens is 1. The summed E-state index contributed by atoms with van der Waals surface area (Å²) in [7, 11) is 0. The number of carbonyl (C=O) groups excluding carboxylic acids is 1. The lowest BCUT2D eigenvalue weighted by molar-refractivity contribution is 0.102. The van der Waals surface area contributed by atoms with E-state index < -0.39 is 0 Å². The van der Waals surface area contributed by atoms with Gasteiger partial charge in [-0.25, -0.2) is 4.39 Å². The highest BCUT2D eigenvalue weighted by Crippen LogP contribution is 2.21. The second-order valence-electron chi connectivity index (χ2n) is 5.10. The van der Waals surface area contributed by atoms with E-state index in [9.17, 15) is 9.18 Å². The zero-order valence-electron chi connectivity index (χ0n) is 11.3. The number of benzene rings is 1. The Hall–Kier alpha value is -2.17. The first-order valence-electron chi connectivity index (χ1n) is 6.77. The van der Waals surface area contributed by atoms with Crippen LogP contribution in [0.1, 0.15) is 34.5 Å². The van der Waals surface area contributed by atoms with Gasteiger partial charge in [-0.3, -0.25) is 9.48 Å². The minimum absolute atomic E-state index is 0.178. The summed E-state index contributed by atoms with van der Waals surface area (Å²) in [6.07, 6.45) is 4.69. The van der Waals surface area contributed by atoms with Gasteiger partial charge in [-0.15, -0.1) is 0 Å². The Labute approximate surface area is 116 Å². The van der Waals surface area contributed by atoms with Gasteiger partial charge in [-0.1, -0.05) is 0 Å². The highest BCUT2D eigenvalue weighted by Gasteiger charge is 2.20. The number of hydrogen-bond acceptors (Lipinski definition) is 2. The molecular formula is C15H16FN3O. The third-order valence-corrected chi connectivity index (χ3v) is 3.66. The van der Waals surface area contributed by atoms with Crippen LogP contribution in [0.15, 0.2) is 24.4 Å². The molecule has 1 amide bonds. The molecule has 20 heavy (non-hydrogen) atoms. The highest BCUT2D eigenvalue weighted by atomic mass is 19.1. The fourth-order valence-electron chi connectivity index (χ4n) is 2.57. The van der Waals surface area contributed by atoms with Crippen LogP contribution in [0, 0.1) is 12.7 Å². The number of aryl methyl sites for hydroxylation is 2. The van der Waals surface area contributed by atoms with E-state index in [-0.39, 0.29) is 11.7 Å². The molecule has 0 radical (unpaired) electrons. The molecule has 0 unspecified atom stereocenters. The maximum Gasteiger partial charge on any atom is 0.259 e. The Morgan fingerprint density at radius 3 is 3.05 bits per heavy atom. The quantitative estimate of drug-likeness (QED) is 0.914. The maximum absolute atomic E-state index is 13.1. The molecule has 0 saturated heterocycles. The maximum atomic E-state index is 13.1. The van der Waals surface area contributed by atoms with Crippen LogP contribution in [0.4, 0.5) is 10.1 Å². The average molecular weight is 273 g/mol. The van der Waals surface area contributed by atoms with Gasteiger partial charge < -0.3 is 5.32 Å². The SMILES string of the molecule is Cc1cc(F)ccc1NC(=O)c1cnn2c1CCCC2. The van der Waals surface area contributed by atoms with Crippen molar-refractivity contribution in [3.8, 4) is 0 Å². The average Bonchev–Trinajstić information content (AvgIpc) is 2.86. The van der Waals surface area contributed by atoms with Crippen molar-refractivity contribution < 1.29 is 9.18 Å². The van der Waals surface area contributed by atoms with Crippen LogP contribution >= 0.6 is 0 Å². The standard InChI is InChI=1S/C15H16FN3O/c1-10-8-11(16)5-6-13(10)18-15(20)12-9-17-19-7-3-2-4-14(12)19/h5-6,8-9H,2-4,7H2,1H3,(H,18,20). The molecular weight excluding hydrogens is 257 g/mol. The molecule has 2 aromatic rings. The van der Waals surface area contributed by atoms with Crippen LogP contribution in [0.3, 0.4) is 0 Å². The Morgan fingerprint density at radius 2 is 2.25 bits per heavy atom. The molecule has 1 aliphatic heterocycles. The molecule has 5 heteroatoms. The summed E-state index contributed by atoms with van der Waals surface area (Å²) in [5.74, 6) is -0.480. The van der Waals surface area contributed by atoms with Gasteiger partial charge in [0.2, 0.25) is 0 Å². The van der Waals surface area contributed by atoms with Crippen molar-refractivity contribution >= 4 is 11.6 Å². The number of nitrogens with zero attached hydrogens (tertiary/aromatic N) is 2.